The van der Waals surface area contributed by atoms with Crippen LogP contribution in [0.25, 0.3) is 0 Å². The van der Waals surface area contributed by atoms with Crippen LogP contribution in [0.5, 0.6) is 5.75 Å². The Balaban J connectivity index is 2.12. The Morgan fingerprint density at radius 2 is 2.06 bits per heavy atom. The number of hydrogen-bond donors (Lipinski definition) is 1. The topological polar surface area (TPSA) is 38.5 Å². The Hall–Kier alpha value is -1.06. The fraction of sp³-hybridized carbons (Fsp3) is 0.571. The van der Waals surface area contributed by atoms with Crippen LogP contribution < -0.4 is 10.5 Å². The summed E-state index contributed by atoms with van der Waals surface area (Å²) in [5.74, 6) is 0.998. The highest BCUT2D eigenvalue weighted by atomic mass is 16.5. The third-order valence-electron chi connectivity index (χ3n) is 3.37. The molecule has 1 aliphatic heterocycles. The maximum absolute atomic E-state index is 5.60. The number of hydrogen-bond acceptors (Lipinski definition) is 3. The molecule has 1 fully saturated rings. The van der Waals surface area contributed by atoms with Gasteiger partial charge < -0.3 is 10.5 Å². The van der Waals surface area contributed by atoms with Crippen LogP contribution in [0.4, 0.5) is 0 Å². The molecule has 1 aromatic rings. The maximum Gasteiger partial charge on any atom is 0.123 e. The van der Waals surface area contributed by atoms with Gasteiger partial charge in [-0.3, -0.25) is 4.90 Å². The van der Waals surface area contributed by atoms with Gasteiger partial charge in [-0.1, -0.05) is 12.1 Å². The highest BCUT2D eigenvalue weighted by Crippen LogP contribution is 2.23. The monoisotopic (exact) mass is 234 g/mol. The molecule has 3 heteroatoms. The summed E-state index contributed by atoms with van der Waals surface area (Å²) in [5.41, 5.74) is 8.20. The molecule has 1 aliphatic rings. The van der Waals surface area contributed by atoms with E-state index in [4.69, 9.17) is 10.5 Å². The summed E-state index contributed by atoms with van der Waals surface area (Å²) in [5, 5.41) is 0. The van der Waals surface area contributed by atoms with Gasteiger partial charge in [0.05, 0.1) is 7.11 Å². The van der Waals surface area contributed by atoms with Gasteiger partial charge in [-0.05, 0) is 50.5 Å². The van der Waals surface area contributed by atoms with Crippen LogP contribution in [0.2, 0.25) is 0 Å². The molecule has 0 saturated carbocycles. The molecule has 0 unspecified atom stereocenters. The zero-order valence-corrected chi connectivity index (χ0v) is 10.6. The maximum atomic E-state index is 5.60. The van der Waals surface area contributed by atoms with Crippen LogP contribution in [0.3, 0.4) is 0 Å². The van der Waals surface area contributed by atoms with Crippen molar-refractivity contribution in [1.29, 1.82) is 0 Å². The van der Waals surface area contributed by atoms with Crippen LogP contribution in [0, 0.1) is 0 Å². The summed E-state index contributed by atoms with van der Waals surface area (Å²) >= 11 is 0. The van der Waals surface area contributed by atoms with Crippen molar-refractivity contribution in [2.75, 3.05) is 26.7 Å². The predicted octanol–water partition coefficient (Wildman–Crippen LogP) is 1.79. The van der Waals surface area contributed by atoms with E-state index in [2.05, 4.69) is 23.1 Å². The molecule has 0 radical (unpaired) electrons. The minimum absolute atomic E-state index is 0.704. The molecular formula is C14H22N2O. The molecule has 1 aromatic carbocycles. The Labute approximate surface area is 104 Å². The quantitative estimate of drug-likeness (QED) is 0.844. The highest BCUT2D eigenvalue weighted by molar-refractivity contribution is 5.37. The lowest BCUT2D eigenvalue weighted by molar-refractivity contribution is 0.320. The van der Waals surface area contributed by atoms with Crippen LogP contribution in [-0.2, 0) is 13.0 Å². The Bertz CT molecular complexity index is 359. The lowest BCUT2D eigenvalue weighted by Crippen LogP contribution is -2.19. The Kier molecular flexibility index (Phi) is 4.40. The van der Waals surface area contributed by atoms with Gasteiger partial charge >= 0.3 is 0 Å². The molecular weight excluding hydrogens is 212 g/mol. The van der Waals surface area contributed by atoms with Crippen molar-refractivity contribution in [3.63, 3.8) is 0 Å². The molecule has 2 N–H and O–H groups in total. The molecule has 17 heavy (non-hydrogen) atoms. The SMILES string of the molecule is COc1ccc(CCN)cc1CN1CCCC1. The minimum Gasteiger partial charge on any atom is -0.496 e. The molecule has 0 aliphatic carbocycles. The lowest BCUT2D eigenvalue weighted by Gasteiger charge is -2.17. The van der Waals surface area contributed by atoms with Gasteiger partial charge in [0, 0.05) is 12.1 Å². The molecule has 2 rings (SSSR count). The second kappa shape index (κ2) is 6.03. The van der Waals surface area contributed by atoms with Gasteiger partial charge in [0.2, 0.25) is 0 Å². The van der Waals surface area contributed by atoms with E-state index in [0.29, 0.717) is 6.54 Å². The average molecular weight is 234 g/mol. The van der Waals surface area contributed by atoms with Crippen molar-refractivity contribution in [2.24, 2.45) is 5.73 Å². The van der Waals surface area contributed by atoms with Crippen molar-refractivity contribution in [1.82, 2.24) is 4.90 Å². The van der Waals surface area contributed by atoms with Crippen molar-refractivity contribution < 1.29 is 4.74 Å². The number of nitrogens with two attached hydrogens (primary N) is 1. The largest absolute Gasteiger partial charge is 0.496 e. The first-order valence-electron chi connectivity index (χ1n) is 6.41. The number of ether oxygens (including phenoxy) is 1. The van der Waals surface area contributed by atoms with E-state index >= 15 is 0 Å². The summed E-state index contributed by atoms with van der Waals surface area (Å²) in [7, 11) is 1.74. The van der Waals surface area contributed by atoms with Crippen LogP contribution in [0.1, 0.15) is 24.0 Å². The van der Waals surface area contributed by atoms with Gasteiger partial charge in [-0.2, -0.15) is 0 Å². The summed E-state index contributed by atoms with van der Waals surface area (Å²) < 4.78 is 5.43. The predicted molar refractivity (Wildman–Crippen MR) is 70.3 cm³/mol. The highest BCUT2D eigenvalue weighted by Gasteiger charge is 2.14. The number of methoxy groups -OCH3 is 1. The molecule has 0 amide bonds. The summed E-state index contributed by atoms with van der Waals surface area (Å²) in [6.45, 7) is 4.13. The smallest absolute Gasteiger partial charge is 0.123 e. The zero-order chi connectivity index (χ0) is 12.1. The second-order valence-electron chi connectivity index (χ2n) is 4.67. The second-order valence-corrected chi connectivity index (χ2v) is 4.67. The Morgan fingerprint density at radius 3 is 2.71 bits per heavy atom. The first-order valence-corrected chi connectivity index (χ1v) is 6.41. The minimum atomic E-state index is 0.704. The van der Waals surface area contributed by atoms with E-state index in [1.165, 1.54) is 37.1 Å². The Morgan fingerprint density at radius 1 is 1.29 bits per heavy atom. The molecule has 0 aromatic heterocycles. The molecule has 0 atom stereocenters. The van der Waals surface area contributed by atoms with Crippen LogP contribution in [0.15, 0.2) is 18.2 Å². The van der Waals surface area contributed by atoms with E-state index in [-0.39, 0.29) is 0 Å². The number of nitrogens with zero attached hydrogens (tertiary/aromatic N) is 1. The van der Waals surface area contributed by atoms with Gasteiger partial charge in [0.25, 0.3) is 0 Å². The average Bonchev–Trinajstić information content (AvgIpc) is 2.83. The van der Waals surface area contributed by atoms with Crippen LogP contribution in [-0.4, -0.2) is 31.6 Å². The van der Waals surface area contributed by atoms with Gasteiger partial charge in [0.15, 0.2) is 0 Å². The number of likely N-dealkylation sites (tertiary alicyclic amines) is 1. The van der Waals surface area contributed by atoms with Gasteiger partial charge in [-0.25, -0.2) is 0 Å². The lowest BCUT2D eigenvalue weighted by atomic mass is 10.1. The van der Waals surface area contributed by atoms with Crippen molar-refractivity contribution in [3.8, 4) is 5.75 Å². The van der Waals surface area contributed by atoms with Crippen molar-refractivity contribution in [3.05, 3.63) is 29.3 Å². The van der Waals surface area contributed by atoms with Gasteiger partial charge in [-0.15, -0.1) is 0 Å². The van der Waals surface area contributed by atoms with Gasteiger partial charge in [0.1, 0.15) is 5.75 Å². The fourth-order valence-corrected chi connectivity index (χ4v) is 2.46. The number of rotatable bonds is 5. The van der Waals surface area contributed by atoms with Crippen LogP contribution >= 0.6 is 0 Å². The molecule has 3 nitrogen and oxygen atoms in total. The van der Waals surface area contributed by atoms with Crippen molar-refractivity contribution >= 4 is 0 Å². The number of benzene rings is 1. The summed E-state index contributed by atoms with van der Waals surface area (Å²) in [4.78, 5) is 2.49. The standard InChI is InChI=1S/C14H22N2O/c1-17-14-5-4-12(6-7-15)10-13(14)11-16-8-2-3-9-16/h4-5,10H,2-3,6-9,11,15H2,1H3. The molecule has 1 saturated heterocycles. The first-order chi connectivity index (χ1) is 8.33. The van der Waals surface area contributed by atoms with E-state index in [1.54, 1.807) is 7.11 Å². The van der Waals surface area contributed by atoms with Crippen molar-refractivity contribution in [2.45, 2.75) is 25.8 Å². The van der Waals surface area contributed by atoms with E-state index < -0.39 is 0 Å². The fourth-order valence-electron chi connectivity index (χ4n) is 2.46. The van der Waals surface area contributed by atoms with E-state index in [0.717, 1.165) is 18.7 Å². The molecule has 0 bridgehead atoms. The molecule has 0 spiro atoms. The zero-order valence-electron chi connectivity index (χ0n) is 10.6. The normalized spacial score (nSPS) is 16.4. The summed E-state index contributed by atoms with van der Waals surface area (Å²) in [6, 6.07) is 6.42. The molecule has 94 valence electrons. The van der Waals surface area contributed by atoms with E-state index in [1.807, 2.05) is 0 Å². The third-order valence-corrected chi connectivity index (χ3v) is 3.37. The summed E-state index contributed by atoms with van der Waals surface area (Å²) in [6.07, 6.45) is 3.59. The first kappa shape index (κ1) is 12.4. The van der Waals surface area contributed by atoms with E-state index in [9.17, 15) is 0 Å². The third kappa shape index (κ3) is 3.20. The molecule has 1 heterocycles.